The first kappa shape index (κ1) is 28.1. The van der Waals surface area contributed by atoms with E-state index in [1.165, 1.54) is 24.8 Å². The summed E-state index contributed by atoms with van der Waals surface area (Å²) in [6.07, 6.45) is 7.30. The molecule has 2 aromatic carbocycles. The lowest BCUT2D eigenvalue weighted by atomic mass is 9.68. The van der Waals surface area contributed by atoms with Crippen LogP contribution >= 0.6 is 0 Å². The molecule has 2 saturated carbocycles. The van der Waals surface area contributed by atoms with E-state index in [2.05, 4.69) is 59.1 Å². The molecule has 3 fully saturated rings. The summed E-state index contributed by atoms with van der Waals surface area (Å²) in [7, 11) is 4.41. The van der Waals surface area contributed by atoms with Crippen molar-refractivity contribution in [1.82, 2.24) is 14.7 Å². The maximum Gasteiger partial charge on any atom is 0.253 e. The van der Waals surface area contributed by atoms with E-state index in [0.717, 1.165) is 44.5 Å². The van der Waals surface area contributed by atoms with Crippen molar-refractivity contribution in [3.8, 4) is 0 Å². The third kappa shape index (κ3) is 5.22. The van der Waals surface area contributed by atoms with Gasteiger partial charge in [0.05, 0.1) is 6.61 Å². The van der Waals surface area contributed by atoms with Crippen LogP contribution in [0.5, 0.6) is 0 Å². The van der Waals surface area contributed by atoms with Crippen LogP contribution < -0.4 is 4.90 Å². The van der Waals surface area contributed by atoms with Crippen molar-refractivity contribution in [2.75, 3.05) is 51.8 Å². The predicted octanol–water partition coefficient (Wildman–Crippen LogP) is 4.11. The van der Waals surface area contributed by atoms with Gasteiger partial charge in [-0.05, 0) is 95.3 Å². The molecule has 0 bridgehead atoms. The molecule has 1 saturated heterocycles. The zero-order chi connectivity index (χ0) is 27.6. The lowest BCUT2D eigenvalue weighted by Crippen LogP contribution is -2.57. The Hall–Kier alpha value is -2.45. The highest BCUT2D eigenvalue weighted by molar-refractivity contribution is 5.94. The third-order valence-electron chi connectivity index (χ3n) is 9.97. The second-order valence-corrected chi connectivity index (χ2v) is 12.1. The van der Waals surface area contributed by atoms with E-state index >= 15 is 0 Å². The summed E-state index contributed by atoms with van der Waals surface area (Å²) in [5.41, 5.74) is 2.88. The number of carbonyl (C=O) groups is 1. The summed E-state index contributed by atoms with van der Waals surface area (Å²) in [4.78, 5) is 21.5. The number of carbonyl (C=O) groups excluding carboxylic acids is 1. The van der Waals surface area contributed by atoms with Crippen molar-refractivity contribution in [2.45, 2.75) is 69.3 Å². The minimum absolute atomic E-state index is 0.00868. The normalized spacial score (nSPS) is 27.7. The maximum absolute atomic E-state index is 12.9. The molecule has 2 aliphatic carbocycles. The molecule has 7 heteroatoms. The van der Waals surface area contributed by atoms with Crippen LogP contribution in [-0.2, 0) is 5.54 Å². The topological polar surface area (TPSA) is 70.5 Å². The van der Waals surface area contributed by atoms with Crippen LogP contribution in [-0.4, -0.2) is 89.6 Å². The molecule has 5 rings (SSSR count). The van der Waals surface area contributed by atoms with Gasteiger partial charge in [0, 0.05) is 48.5 Å². The van der Waals surface area contributed by atoms with Crippen LogP contribution in [0.25, 0.3) is 0 Å². The van der Waals surface area contributed by atoms with E-state index in [0.29, 0.717) is 24.6 Å². The molecule has 3 aliphatic rings. The number of aliphatic hydroxyl groups is 2. The minimum Gasteiger partial charge on any atom is -0.395 e. The number of likely N-dealkylation sites (N-methyl/N-ethyl adjacent to an activating group) is 1. The fourth-order valence-corrected chi connectivity index (χ4v) is 7.19. The Bertz CT molecular complexity index is 1090. The van der Waals surface area contributed by atoms with Gasteiger partial charge in [0.15, 0.2) is 6.35 Å². The molecule has 7 nitrogen and oxygen atoms in total. The van der Waals surface area contributed by atoms with E-state index in [1.54, 1.807) is 4.90 Å². The Morgan fingerprint density at radius 3 is 2.21 bits per heavy atom. The summed E-state index contributed by atoms with van der Waals surface area (Å²) in [6.45, 7) is 4.50. The third-order valence-corrected chi connectivity index (χ3v) is 9.97. The number of hydrogen-bond donors (Lipinski definition) is 2. The van der Waals surface area contributed by atoms with Gasteiger partial charge < -0.3 is 20.0 Å². The number of benzene rings is 2. The van der Waals surface area contributed by atoms with Crippen LogP contribution in [0.2, 0.25) is 0 Å². The quantitative estimate of drug-likeness (QED) is 0.505. The zero-order valence-electron chi connectivity index (χ0n) is 23.9. The Morgan fingerprint density at radius 1 is 1.00 bits per heavy atom. The standard InChI is InChI=1S/C32H46N4O3/c1-4-34(21-22-37)29(38)26-13-15-28(16-14-26)35-24-31(36(30(35)39)23-25-9-8-10-25)17-19-32(20-18-31,33(2)3)27-11-6-5-7-12-27/h5-7,11-16,25,30,37,39H,4,8-10,17-24H2,1-3H3. The van der Waals surface area contributed by atoms with Gasteiger partial charge in [-0.15, -0.1) is 0 Å². The zero-order valence-corrected chi connectivity index (χ0v) is 23.9. The number of rotatable bonds is 9. The lowest BCUT2D eigenvalue weighted by molar-refractivity contribution is -0.0660. The predicted molar refractivity (Wildman–Crippen MR) is 156 cm³/mol. The molecule has 2 aromatic rings. The molecular weight excluding hydrogens is 488 g/mol. The molecule has 0 aromatic heterocycles. The van der Waals surface area contributed by atoms with Crippen molar-refractivity contribution in [3.05, 3.63) is 65.7 Å². The number of nitrogens with zero attached hydrogens (tertiary/aromatic N) is 4. The molecule has 0 radical (unpaired) electrons. The summed E-state index contributed by atoms with van der Waals surface area (Å²) in [5.74, 6) is 0.592. The first-order chi connectivity index (χ1) is 18.8. The van der Waals surface area contributed by atoms with E-state index in [-0.39, 0.29) is 23.6 Å². The van der Waals surface area contributed by atoms with Crippen LogP contribution in [0.3, 0.4) is 0 Å². The van der Waals surface area contributed by atoms with Gasteiger partial charge in [-0.2, -0.15) is 0 Å². The molecule has 1 amide bonds. The largest absolute Gasteiger partial charge is 0.395 e. The van der Waals surface area contributed by atoms with Crippen molar-refractivity contribution < 1.29 is 15.0 Å². The molecule has 39 heavy (non-hydrogen) atoms. The second kappa shape index (κ2) is 11.6. The molecular formula is C32H46N4O3. The van der Waals surface area contributed by atoms with Crippen LogP contribution in [0.15, 0.2) is 54.6 Å². The highest BCUT2D eigenvalue weighted by Gasteiger charge is 2.55. The van der Waals surface area contributed by atoms with E-state index < -0.39 is 6.35 Å². The fraction of sp³-hybridized carbons (Fsp3) is 0.594. The molecule has 212 valence electrons. The monoisotopic (exact) mass is 534 g/mol. The van der Waals surface area contributed by atoms with Gasteiger partial charge in [-0.25, -0.2) is 0 Å². The lowest BCUT2D eigenvalue weighted by Gasteiger charge is -2.52. The molecule has 2 N–H and O–H groups in total. The Kier molecular flexibility index (Phi) is 8.34. The Labute approximate surface area is 234 Å². The van der Waals surface area contributed by atoms with Gasteiger partial charge in [-0.1, -0.05) is 36.8 Å². The number of anilines is 1. The fourth-order valence-electron chi connectivity index (χ4n) is 7.19. The number of aliphatic hydroxyl groups excluding tert-OH is 2. The van der Waals surface area contributed by atoms with Crippen molar-refractivity contribution >= 4 is 11.6 Å². The summed E-state index contributed by atoms with van der Waals surface area (Å²) in [6, 6.07) is 18.6. The van der Waals surface area contributed by atoms with Gasteiger partial charge in [0.2, 0.25) is 0 Å². The van der Waals surface area contributed by atoms with Gasteiger partial charge in [0.1, 0.15) is 0 Å². The Morgan fingerprint density at radius 2 is 1.67 bits per heavy atom. The van der Waals surface area contributed by atoms with Gasteiger partial charge in [-0.3, -0.25) is 14.6 Å². The SMILES string of the molecule is CCN(CCO)C(=O)c1ccc(N2CC3(CCC(c4ccccc4)(N(C)C)CC3)N(CC3CCC3)C2O)cc1. The van der Waals surface area contributed by atoms with Crippen LogP contribution in [0.4, 0.5) is 5.69 Å². The van der Waals surface area contributed by atoms with Crippen LogP contribution in [0.1, 0.15) is 67.8 Å². The van der Waals surface area contributed by atoms with Gasteiger partial charge >= 0.3 is 0 Å². The average Bonchev–Trinajstić information content (AvgIpc) is 3.20. The smallest absolute Gasteiger partial charge is 0.253 e. The highest BCUT2D eigenvalue weighted by atomic mass is 16.3. The first-order valence-electron chi connectivity index (χ1n) is 14.8. The van der Waals surface area contributed by atoms with Crippen molar-refractivity contribution in [2.24, 2.45) is 5.92 Å². The van der Waals surface area contributed by atoms with E-state index in [4.69, 9.17) is 0 Å². The maximum atomic E-state index is 12.9. The van der Waals surface area contributed by atoms with Crippen LogP contribution in [0, 0.1) is 5.92 Å². The summed E-state index contributed by atoms with van der Waals surface area (Å²) >= 11 is 0. The summed E-state index contributed by atoms with van der Waals surface area (Å²) in [5, 5.41) is 21.1. The Balaban J connectivity index is 1.39. The molecule has 1 aliphatic heterocycles. The first-order valence-corrected chi connectivity index (χ1v) is 14.8. The minimum atomic E-state index is -0.669. The van der Waals surface area contributed by atoms with Crippen molar-refractivity contribution in [3.63, 3.8) is 0 Å². The number of hydrogen-bond acceptors (Lipinski definition) is 6. The number of amides is 1. The van der Waals surface area contributed by atoms with Crippen molar-refractivity contribution in [1.29, 1.82) is 0 Å². The average molecular weight is 535 g/mol. The molecule has 1 spiro atoms. The second-order valence-electron chi connectivity index (χ2n) is 12.1. The highest BCUT2D eigenvalue weighted by Crippen LogP contribution is 2.50. The van der Waals surface area contributed by atoms with Gasteiger partial charge in [0.25, 0.3) is 5.91 Å². The van der Waals surface area contributed by atoms with E-state index in [1.807, 2.05) is 31.2 Å². The summed E-state index contributed by atoms with van der Waals surface area (Å²) < 4.78 is 0. The van der Waals surface area contributed by atoms with E-state index in [9.17, 15) is 15.0 Å². The molecule has 1 heterocycles. The molecule has 1 unspecified atom stereocenters. The molecule has 1 atom stereocenters.